The van der Waals surface area contributed by atoms with Gasteiger partial charge in [-0.1, -0.05) is 0 Å². The summed E-state index contributed by atoms with van der Waals surface area (Å²) in [7, 11) is 1.72. The van der Waals surface area contributed by atoms with Gasteiger partial charge in [-0.25, -0.2) is 8.78 Å². The van der Waals surface area contributed by atoms with Crippen LogP contribution in [0.15, 0.2) is 34.0 Å². The number of aromatic nitrogens is 2. The van der Waals surface area contributed by atoms with E-state index in [4.69, 9.17) is 4.74 Å². The van der Waals surface area contributed by atoms with Gasteiger partial charge in [-0.2, -0.15) is 0 Å². The number of nitrogens with zero attached hydrogens (tertiary/aromatic N) is 2. The molecule has 1 amide bonds. The normalized spacial score (nSPS) is 22.6. The van der Waals surface area contributed by atoms with Crippen LogP contribution < -0.4 is 21.1 Å². The fraction of sp³-hybridized carbons (Fsp3) is 0.562. The molecule has 1 saturated heterocycles. The Balaban J connectivity index is 1.26. The zero-order valence-corrected chi connectivity index (χ0v) is 26.2. The quantitative estimate of drug-likeness (QED) is 0.274. The van der Waals surface area contributed by atoms with Crippen molar-refractivity contribution < 1.29 is 18.3 Å². The van der Waals surface area contributed by atoms with Gasteiger partial charge >= 0.3 is 0 Å². The Kier molecular flexibility index (Phi) is 8.10. The van der Waals surface area contributed by atoms with Crippen molar-refractivity contribution in [1.82, 2.24) is 20.2 Å². The third-order valence-corrected chi connectivity index (χ3v) is 10.5. The third kappa shape index (κ3) is 5.71. The molecule has 0 bridgehead atoms. The van der Waals surface area contributed by atoms with Gasteiger partial charge < -0.3 is 29.8 Å². The Bertz CT molecular complexity index is 1580. The van der Waals surface area contributed by atoms with Crippen LogP contribution in [-0.4, -0.2) is 66.0 Å². The SMILES string of the molecule is COC1CN(c2ccc3c(c2)c(C(=O)NCc2c(SC)cc(C)[nH]c2=O)c(C)n3[C@H](C)C2CC(NC3CC(F)(F)C3)C2)C1. The first-order valence-electron chi connectivity index (χ1n) is 15.1. The number of alkyl halides is 2. The molecule has 1 aromatic carbocycles. The Labute approximate surface area is 254 Å². The number of carbonyl (C=O) groups is 1. The van der Waals surface area contributed by atoms with Crippen molar-refractivity contribution >= 4 is 34.3 Å². The number of hydrogen-bond donors (Lipinski definition) is 3. The molecule has 43 heavy (non-hydrogen) atoms. The number of benzene rings is 1. The summed E-state index contributed by atoms with van der Waals surface area (Å²) in [5.74, 6) is -2.36. The number of aromatic amines is 1. The minimum absolute atomic E-state index is 0.0685. The number of pyridine rings is 1. The maximum atomic E-state index is 13.9. The van der Waals surface area contributed by atoms with Crippen LogP contribution in [0.2, 0.25) is 0 Å². The second-order valence-corrected chi connectivity index (χ2v) is 13.5. The topological polar surface area (TPSA) is 91.4 Å². The Morgan fingerprint density at radius 2 is 1.91 bits per heavy atom. The van der Waals surface area contributed by atoms with Gasteiger partial charge in [0.1, 0.15) is 0 Å². The summed E-state index contributed by atoms with van der Waals surface area (Å²) < 4.78 is 34.4. The first-order chi connectivity index (χ1) is 20.5. The summed E-state index contributed by atoms with van der Waals surface area (Å²) in [4.78, 5) is 32.6. The van der Waals surface area contributed by atoms with Gasteiger partial charge in [0.2, 0.25) is 0 Å². The van der Waals surface area contributed by atoms with E-state index in [0.29, 0.717) is 17.0 Å². The molecule has 0 radical (unpaired) electrons. The highest BCUT2D eigenvalue weighted by Crippen LogP contribution is 2.44. The monoisotopic (exact) mass is 613 g/mol. The van der Waals surface area contributed by atoms with Crippen LogP contribution in [0.1, 0.15) is 66.0 Å². The van der Waals surface area contributed by atoms with Crippen molar-refractivity contribution in [1.29, 1.82) is 0 Å². The number of carbonyl (C=O) groups excluding carboxylic acids is 1. The molecular weight excluding hydrogens is 572 g/mol. The molecule has 232 valence electrons. The lowest BCUT2D eigenvalue weighted by atomic mass is 9.74. The molecule has 2 aliphatic carbocycles. The van der Waals surface area contributed by atoms with Crippen LogP contribution in [0, 0.1) is 19.8 Å². The van der Waals surface area contributed by atoms with Crippen LogP contribution >= 0.6 is 11.8 Å². The molecule has 1 aliphatic heterocycles. The number of anilines is 1. The molecule has 6 rings (SSSR count). The van der Waals surface area contributed by atoms with E-state index >= 15 is 0 Å². The lowest BCUT2D eigenvalue weighted by molar-refractivity contribution is -0.0981. The molecule has 11 heteroatoms. The van der Waals surface area contributed by atoms with E-state index in [1.54, 1.807) is 7.11 Å². The van der Waals surface area contributed by atoms with Crippen LogP contribution in [0.25, 0.3) is 10.9 Å². The largest absolute Gasteiger partial charge is 0.378 e. The van der Waals surface area contributed by atoms with Gasteiger partial charge in [-0.3, -0.25) is 9.59 Å². The molecule has 0 spiro atoms. The van der Waals surface area contributed by atoms with Crippen molar-refractivity contribution in [3.05, 3.63) is 57.1 Å². The lowest BCUT2D eigenvalue weighted by Gasteiger charge is -2.45. The molecule has 0 unspecified atom stereocenters. The van der Waals surface area contributed by atoms with Gasteiger partial charge in [0.25, 0.3) is 17.4 Å². The molecule has 3 N–H and O–H groups in total. The Morgan fingerprint density at radius 1 is 1.19 bits per heavy atom. The van der Waals surface area contributed by atoms with E-state index in [9.17, 15) is 18.4 Å². The van der Waals surface area contributed by atoms with Gasteiger partial charge in [0.05, 0.1) is 11.7 Å². The summed E-state index contributed by atoms with van der Waals surface area (Å²) in [5.41, 5.74) is 4.68. The van der Waals surface area contributed by atoms with Crippen molar-refractivity contribution in [2.24, 2.45) is 5.92 Å². The maximum Gasteiger partial charge on any atom is 0.254 e. The predicted octanol–water partition coefficient (Wildman–Crippen LogP) is 5.16. The zero-order chi connectivity index (χ0) is 30.6. The average Bonchev–Trinajstić information content (AvgIpc) is 3.18. The van der Waals surface area contributed by atoms with Gasteiger partial charge in [0.15, 0.2) is 0 Å². The standard InChI is InChI=1S/C32H41F2N5O3S/c1-17-8-28(43-5)26(30(40)36-17)14-35-31(41)29-19(3)39(18(2)20-9-21(10-20)37-22-12-32(33,34)13-22)27-7-6-23(11-25(27)29)38-15-24(16-38)42-4/h6-8,11,18,20-22,24,37H,9-10,12-16H2,1-5H3,(H,35,41)(H,36,40)/t18-,20?,21?/m1/s1. The lowest BCUT2D eigenvalue weighted by Crippen LogP contribution is -2.55. The van der Waals surface area contributed by atoms with E-state index in [-0.39, 0.29) is 55.1 Å². The number of nitrogens with one attached hydrogen (secondary N) is 3. The van der Waals surface area contributed by atoms with Crippen LogP contribution in [-0.2, 0) is 11.3 Å². The number of amides is 1. The summed E-state index contributed by atoms with van der Waals surface area (Å²) >= 11 is 1.49. The molecule has 3 fully saturated rings. The second kappa shape index (κ2) is 11.6. The van der Waals surface area contributed by atoms with Crippen molar-refractivity contribution in [2.45, 2.75) is 88.0 Å². The first-order valence-corrected chi connectivity index (χ1v) is 16.3. The van der Waals surface area contributed by atoms with E-state index in [1.807, 2.05) is 26.2 Å². The second-order valence-electron chi connectivity index (χ2n) is 12.6. The van der Waals surface area contributed by atoms with Gasteiger partial charge in [0, 0.05) is 96.1 Å². The molecule has 2 saturated carbocycles. The third-order valence-electron chi connectivity index (χ3n) is 9.71. The van der Waals surface area contributed by atoms with E-state index < -0.39 is 5.92 Å². The zero-order valence-electron chi connectivity index (χ0n) is 25.4. The van der Waals surface area contributed by atoms with Gasteiger partial charge in [-0.05, 0) is 70.1 Å². The first kappa shape index (κ1) is 30.1. The minimum Gasteiger partial charge on any atom is -0.378 e. The maximum absolute atomic E-state index is 13.9. The smallest absolute Gasteiger partial charge is 0.254 e. The molecular formula is C32H41F2N5O3S. The molecule has 3 aliphatic rings. The Hall–Kier alpha value is -2.89. The van der Waals surface area contributed by atoms with Crippen molar-refractivity contribution in [3.63, 3.8) is 0 Å². The van der Waals surface area contributed by atoms with E-state index in [1.165, 1.54) is 11.8 Å². The number of fused-ring (bicyclic) bond motifs is 1. The van der Waals surface area contributed by atoms with Crippen molar-refractivity contribution in [2.75, 3.05) is 31.4 Å². The van der Waals surface area contributed by atoms with Crippen LogP contribution in [0.4, 0.5) is 14.5 Å². The highest BCUT2D eigenvalue weighted by atomic mass is 32.2. The van der Waals surface area contributed by atoms with Gasteiger partial charge in [-0.15, -0.1) is 11.8 Å². The number of halogens is 2. The van der Waals surface area contributed by atoms with Crippen LogP contribution in [0.3, 0.4) is 0 Å². The summed E-state index contributed by atoms with van der Waals surface area (Å²) in [6.07, 6.45) is 3.83. The molecule has 3 heterocycles. The summed E-state index contributed by atoms with van der Waals surface area (Å²) in [6.45, 7) is 7.76. The number of rotatable bonds is 10. The molecule has 3 aromatic rings. The van der Waals surface area contributed by atoms with Crippen LogP contribution in [0.5, 0.6) is 0 Å². The van der Waals surface area contributed by atoms with Crippen molar-refractivity contribution in [3.8, 4) is 0 Å². The van der Waals surface area contributed by atoms with E-state index in [0.717, 1.165) is 58.8 Å². The summed E-state index contributed by atoms with van der Waals surface area (Å²) in [5, 5.41) is 7.34. The number of H-pyrrole nitrogens is 1. The number of hydrogen-bond acceptors (Lipinski definition) is 6. The highest BCUT2D eigenvalue weighted by Gasteiger charge is 2.47. The fourth-order valence-electron chi connectivity index (χ4n) is 7.04. The number of aryl methyl sites for hydroxylation is 1. The highest BCUT2D eigenvalue weighted by molar-refractivity contribution is 7.98. The number of ether oxygens (including phenoxy) is 1. The number of thioether (sulfide) groups is 1. The predicted molar refractivity (Wildman–Crippen MR) is 167 cm³/mol. The van der Waals surface area contributed by atoms with E-state index in [2.05, 4.69) is 50.2 Å². The minimum atomic E-state index is -2.52. The number of methoxy groups -OCH3 is 1. The fourth-order valence-corrected chi connectivity index (χ4v) is 7.75. The average molecular weight is 614 g/mol. The molecule has 1 atom stereocenters. The molecule has 2 aromatic heterocycles. The molecule has 8 nitrogen and oxygen atoms in total. The Morgan fingerprint density at radius 3 is 2.56 bits per heavy atom. The summed E-state index contributed by atoms with van der Waals surface area (Å²) in [6, 6.07) is 8.52.